The fourth-order valence-electron chi connectivity index (χ4n) is 0.828. The highest BCUT2D eigenvalue weighted by Gasteiger charge is 2.08. The number of aromatic nitrogens is 2. The van der Waals surface area contributed by atoms with Crippen molar-refractivity contribution in [1.29, 1.82) is 5.26 Å². The highest BCUT2D eigenvalue weighted by atomic mass is 35.5. The number of hydrogen-bond donors (Lipinski definition) is 3. The molecule has 0 bridgehead atoms. The summed E-state index contributed by atoms with van der Waals surface area (Å²) >= 11 is 5.51. The number of amides is 1. The maximum atomic E-state index is 11.1. The molecule has 0 fully saturated rings. The SMILES string of the molecule is N#CCC(=O)Nc1cnc(Cl)nc1NN. The summed E-state index contributed by atoms with van der Waals surface area (Å²) in [6.07, 6.45) is 1.03. The Morgan fingerprint density at radius 2 is 2.47 bits per heavy atom. The summed E-state index contributed by atoms with van der Waals surface area (Å²) in [4.78, 5) is 18.5. The summed E-state index contributed by atoms with van der Waals surface area (Å²) in [5.74, 6) is 4.86. The molecule has 0 aliphatic heterocycles. The zero-order valence-electron chi connectivity index (χ0n) is 7.49. The molecule has 1 rings (SSSR count). The number of rotatable bonds is 3. The van der Waals surface area contributed by atoms with E-state index >= 15 is 0 Å². The molecule has 0 saturated heterocycles. The van der Waals surface area contributed by atoms with Crippen molar-refractivity contribution in [3.8, 4) is 6.07 Å². The van der Waals surface area contributed by atoms with Crippen molar-refractivity contribution in [2.24, 2.45) is 5.84 Å². The summed E-state index contributed by atoms with van der Waals surface area (Å²) in [5.41, 5.74) is 2.52. The van der Waals surface area contributed by atoms with Crippen LogP contribution < -0.4 is 16.6 Å². The number of hydrazine groups is 1. The predicted molar refractivity (Wildman–Crippen MR) is 53.7 cm³/mol. The smallest absolute Gasteiger partial charge is 0.238 e. The van der Waals surface area contributed by atoms with E-state index in [4.69, 9.17) is 22.7 Å². The lowest BCUT2D eigenvalue weighted by Gasteiger charge is -2.07. The van der Waals surface area contributed by atoms with Gasteiger partial charge in [0, 0.05) is 0 Å². The molecule has 0 aromatic carbocycles. The van der Waals surface area contributed by atoms with E-state index in [1.165, 1.54) is 6.20 Å². The third-order valence-corrected chi connectivity index (χ3v) is 1.59. The molecule has 1 aromatic heterocycles. The Bertz CT molecular complexity index is 414. The molecule has 4 N–H and O–H groups in total. The first-order valence-corrected chi connectivity index (χ1v) is 4.21. The second-order valence-electron chi connectivity index (χ2n) is 2.43. The minimum Gasteiger partial charge on any atom is -0.321 e. The number of nitrogens with two attached hydrogens (primary N) is 1. The van der Waals surface area contributed by atoms with Gasteiger partial charge in [0.2, 0.25) is 11.2 Å². The van der Waals surface area contributed by atoms with Crippen molar-refractivity contribution < 1.29 is 4.79 Å². The van der Waals surface area contributed by atoms with Crippen molar-refractivity contribution in [2.45, 2.75) is 6.42 Å². The summed E-state index contributed by atoms with van der Waals surface area (Å²) < 4.78 is 0. The van der Waals surface area contributed by atoms with Gasteiger partial charge in [-0.15, -0.1) is 0 Å². The molecule has 15 heavy (non-hydrogen) atoms. The van der Waals surface area contributed by atoms with Gasteiger partial charge in [-0.1, -0.05) is 0 Å². The molecular weight excluding hydrogens is 220 g/mol. The van der Waals surface area contributed by atoms with Gasteiger partial charge in [0.05, 0.1) is 12.3 Å². The molecule has 0 unspecified atom stereocenters. The van der Waals surface area contributed by atoms with Crippen LogP contribution in [-0.4, -0.2) is 15.9 Å². The van der Waals surface area contributed by atoms with Crippen LogP contribution in [0.25, 0.3) is 0 Å². The van der Waals surface area contributed by atoms with E-state index < -0.39 is 5.91 Å². The van der Waals surface area contributed by atoms with E-state index in [0.717, 1.165) is 0 Å². The Labute approximate surface area is 90.2 Å². The third kappa shape index (κ3) is 3.05. The maximum absolute atomic E-state index is 11.1. The van der Waals surface area contributed by atoms with Gasteiger partial charge in [0.1, 0.15) is 12.1 Å². The summed E-state index contributed by atoms with van der Waals surface area (Å²) in [5, 5.41) is 10.7. The molecule has 0 saturated carbocycles. The molecule has 0 aliphatic carbocycles. The zero-order chi connectivity index (χ0) is 11.3. The van der Waals surface area contributed by atoms with Crippen molar-refractivity contribution in [3.05, 3.63) is 11.5 Å². The van der Waals surface area contributed by atoms with Crippen molar-refractivity contribution >= 4 is 29.0 Å². The van der Waals surface area contributed by atoms with Gasteiger partial charge >= 0.3 is 0 Å². The average Bonchev–Trinajstić information content (AvgIpc) is 2.21. The second-order valence-corrected chi connectivity index (χ2v) is 2.77. The molecule has 7 nitrogen and oxygen atoms in total. The fraction of sp³-hybridized carbons (Fsp3) is 0.143. The van der Waals surface area contributed by atoms with Crippen LogP contribution in [0.3, 0.4) is 0 Å². The van der Waals surface area contributed by atoms with Crippen molar-refractivity contribution in [1.82, 2.24) is 9.97 Å². The fourth-order valence-corrected chi connectivity index (χ4v) is 0.961. The standard InChI is InChI=1S/C7H7ClN6O/c8-7-11-3-4(6(13-7)14-10)12-5(15)1-2-9/h3H,1,10H2,(H,12,15)(H,11,13,14). The van der Waals surface area contributed by atoms with Crippen LogP contribution in [0.5, 0.6) is 0 Å². The number of nitriles is 1. The number of carbonyl (C=O) groups is 1. The zero-order valence-corrected chi connectivity index (χ0v) is 8.25. The average molecular weight is 227 g/mol. The number of nitrogens with one attached hydrogen (secondary N) is 2. The van der Waals surface area contributed by atoms with Gasteiger partial charge in [-0.3, -0.25) is 4.79 Å². The lowest BCUT2D eigenvalue weighted by atomic mass is 10.4. The Kier molecular flexibility index (Phi) is 3.79. The third-order valence-electron chi connectivity index (χ3n) is 1.41. The van der Waals surface area contributed by atoms with Crippen LogP contribution in [0, 0.1) is 11.3 Å². The molecule has 1 aromatic rings. The first-order chi connectivity index (χ1) is 7.17. The van der Waals surface area contributed by atoms with E-state index in [0.29, 0.717) is 0 Å². The molecule has 0 aliphatic rings. The molecule has 78 valence electrons. The Morgan fingerprint density at radius 3 is 3.07 bits per heavy atom. The van der Waals surface area contributed by atoms with Crippen molar-refractivity contribution in [2.75, 3.05) is 10.7 Å². The molecule has 8 heteroatoms. The minimum atomic E-state index is -0.472. The van der Waals surface area contributed by atoms with Gasteiger partial charge in [0.15, 0.2) is 5.82 Å². The maximum Gasteiger partial charge on any atom is 0.238 e. The summed E-state index contributed by atoms with van der Waals surface area (Å²) in [7, 11) is 0. The van der Waals surface area contributed by atoms with E-state index in [1.807, 2.05) is 0 Å². The Hall–Kier alpha value is -1.91. The van der Waals surface area contributed by atoms with Gasteiger partial charge in [-0.2, -0.15) is 10.2 Å². The lowest BCUT2D eigenvalue weighted by Crippen LogP contribution is -2.16. The van der Waals surface area contributed by atoms with Crippen LogP contribution in [0.1, 0.15) is 6.42 Å². The van der Waals surface area contributed by atoms with Crippen LogP contribution in [0.4, 0.5) is 11.5 Å². The van der Waals surface area contributed by atoms with Crippen LogP contribution in [-0.2, 0) is 4.79 Å². The molecular formula is C7H7ClN6O. The number of nitrogen functional groups attached to an aromatic ring is 1. The van der Waals surface area contributed by atoms with E-state index in [-0.39, 0.29) is 23.2 Å². The van der Waals surface area contributed by atoms with E-state index in [1.54, 1.807) is 6.07 Å². The summed E-state index contributed by atoms with van der Waals surface area (Å²) in [6, 6.07) is 1.71. The first kappa shape index (κ1) is 11.2. The van der Waals surface area contributed by atoms with Gasteiger partial charge in [-0.05, 0) is 11.6 Å². The topological polar surface area (TPSA) is 117 Å². The number of hydrogen-bond acceptors (Lipinski definition) is 6. The van der Waals surface area contributed by atoms with E-state index in [2.05, 4.69) is 20.7 Å². The number of halogens is 1. The van der Waals surface area contributed by atoms with Gasteiger partial charge < -0.3 is 10.7 Å². The van der Waals surface area contributed by atoms with Crippen molar-refractivity contribution in [3.63, 3.8) is 0 Å². The minimum absolute atomic E-state index is 0.00114. The molecule has 0 radical (unpaired) electrons. The van der Waals surface area contributed by atoms with Crippen LogP contribution >= 0.6 is 11.6 Å². The summed E-state index contributed by atoms with van der Waals surface area (Å²) in [6.45, 7) is 0. The Balaban J connectivity index is 2.85. The lowest BCUT2D eigenvalue weighted by molar-refractivity contribution is -0.115. The van der Waals surface area contributed by atoms with Gasteiger partial charge in [-0.25, -0.2) is 10.8 Å². The highest BCUT2D eigenvalue weighted by molar-refractivity contribution is 6.28. The molecule has 1 heterocycles. The van der Waals surface area contributed by atoms with E-state index in [9.17, 15) is 4.79 Å². The number of nitrogens with zero attached hydrogens (tertiary/aromatic N) is 3. The highest BCUT2D eigenvalue weighted by Crippen LogP contribution is 2.18. The molecule has 0 atom stereocenters. The second kappa shape index (κ2) is 5.09. The number of carbonyl (C=O) groups excluding carboxylic acids is 1. The van der Waals surface area contributed by atoms with Crippen LogP contribution in [0.2, 0.25) is 5.28 Å². The first-order valence-electron chi connectivity index (χ1n) is 3.83. The van der Waals surface area contributed by atoms with Crippen LogP contribution in [0.15, 0.2) is 6.20 Å². The monoisotopic (exact) mass is 226 g/mol. The molecule has 0 spiro atoms. The molecule has 1 amide bonds. The normalized spacial score (nSPS) is 9.13. The van der Waals surface area contributed by atoms with Gasteiger partial charge in [0.25, 0.3) is 0 Å². The Morgan fingerprint density at radius 1 is 1.73 bits per heavy atom. The predicted octanol–water partition coefficient (Wildman–Crippen LogP) is 0.268. The number of anilines is 2. The largest absolute Gasteiger partial charge is 0.321 e. The quantitative estimate of drug-likeness (QED) is 0.387.